The molecule has 0 saturated carbocycles. The fourth-order valence-corrected chi connectivity index (χ4v) is 8.08. The van der Waals surface area contributed by atoms with Crippen molar-refractivity contribution in [1.82, 2.24) is 16.0 Å². The molecule has 0 aromatic heterocycles. The number of carbonyl (C=O) groups excluding carboxylic acids is 5. The monoisotopic (exact) mass is 753 g/mol. The van der Waals surface area contributed by atoms with E-state index in [0.717, 1.165) is 30.1 Å². The Hall–Kier alpha value is -1.70. The SMILES string of the molecule is CCCC(=O)NC(CCC(=O)CCCSSCCNC(=O)C(N)CCCN)C(=O)CCCSSCCNC(=O)C(N)CCCN=C(N)N. The average molecular weight is 754 g/mol. The molecule has 278 valence electrons. The molecule has 14 nitrogen and oxygen atoms in total. The van der Waals surface area contributed by atoms with E-state index in [0.29, 0.717) is 89.7 Å². The molecule has 3 unspecified atom stereocenters. The fourth-order valence-electron chi connectivity index (χ4n) is 4.09. The minimum Gasteiger partial charge on any atom is -0.370 e. The normalized spacial score (nSPS) is 12.8. The highest BCUT2D eigenvalue weighted by Gasteiger charge is 2.21. The molecule has 0 aromatic carbocycles. The van der Waals surface area contributed by atoms with Crippen molar-refractivity contribution in [1.29, 1.82) is 0 Å². The lowest BCUT2D eigenvalue weighted by atomic mass is 10.00. The Morgan fingerprint density at radius 3 is 1.77 bits per heavy atom. The van der Waals surface area contributed by atoms with Gasteiger partial charge in [-0.2, -0.15) is 0 Å². The Labute approximate surface area is 302 Å². The maximum absolute atomic E-state index is 12.9. The molecule has 0 aliphatic carbocycles. The van der Waals surface area contributed by atoms with Gasteiger partial charge in [0, 0.05) is 68.3 Å². The number of carbonyl (C=O) groups is 5. The van der Waals surface area contributed by atoms with Gasteiger partial charge < -0.3 is 44.6 Å². The summed E-state index contributed by atoms with van der Waals surface area (Å²) in [6.07, 6.45) is 6.07. The van der Waals surface area contributed by atoms with Gasteiger partial charge >= 0.3 is 0 Å². The van der Waals surface area contributed by atoms with Crippen molar-refractivity contribution in [2.24, 2.45) is 33.7 Å². The molecule has 13 N–H and O–H groups in total. The van der Waals surface area contributed by atoms with Gasteiger partial charge in [-0.05, 0) is 57.9 Å². The Morgan fingerprint density at radius 2 is 1.23 bits per heavy atom. The molecule has 18 heteroatoms. The van der Waals surface area contributed by atoms with Crippen LogP contribution < -0.4 is 44.6 Å². The van der Waals surface area contributed by atoms with E-state index in [1.807, 2.05) is 6.92 Å². The van der Waals surface area contributed by atoms with Crippen molar-refractivity contribution in [3.05, 3.63) is 0 Å². The molecular formula is C30H59N9O5S4. The Kier molecular flexibility index (Phi) is 30.2. The van der Waals surface area contributed by atoms with Gasteiger partial charge in [0.1, 0.15) is 5.78 Å². The third kappa shape index (κ3) is 27.2. The summed E-state index contributed by atoms with van der Waals surface area (Å²) in [4.78, 5) is 65.5. The van der Waals surface area contributed by atoms with Gasteiger partial charge in [0.05, 0.1) is 18.1 Å². The number of rotatable bonds is 32. The van der Waals surface area contributed by atoms with Crippen molar-refractivity contribution in [2.75, 3.05) is 49.2 Å². The highest BCUT2D eigenvalue weighted by atomic mass is 33.1. The Bertz CT molecular complexity index is 962. The number of amides is 3. The molecule has 0 spiro atoms. The van der Waals surface area contributed by atoms with Crippen LogP contribution >= 0.6 is 43.2 Å². The van der Waals surface area contributed by atoms with Gasteiger partial charge in [-0.25, -0.2) is 0 Å². The van der Waals surface area contributed by atoms with Gasteiger partial charge in [0.25, 0.3) is 0 Å². The van der Waals surface area contributed by atoms with Crippen LogP contribution in [-0.2, 0) is 24.0 Å². The van der Waals surface area contributed by atoms with Gasteiger partial charge in [-0.15, -0.1) is 0 Å². The van der Waals surface area contributed by atoms with Gasteiger partial charge in [-0.1, -0.05) is 50.1 Å². The zero-order valence-electron chi connectivity index (χ0n) is 28.4. The summed E-state index contributed by atoms with van der Waals surface area (Å²) in [7, 11) is 6.51. The largest absolute Gasteiger partial charge is 0.370 e. The van der Waals surface area contributed by atoms with Gasteiger partial charge in [0.2, 0.25) is 17.7 Å². The molecule has 48 heavy (non-hydrogen) atoms. The highest BCUT2D eigenvalue weighted by molar-refractivity contribution is 8.77. The average Bonchev–Trinajstić information content (AvgIpc) is 3.05. The number of nitrogens with one attached hydrogen (secondary N) is 3. The van der Waals surface area contributed by atoms with Crippen LogP contribution in [0, 0.1) is 0 Å². The van der Waals surface area contributed by atoms with Crippen LogP contribution in [0.2, 0.25) is 0 Å². The summed E-state index contributed by atoms with van der Waals surface area (Å²) in [6.45, 7) is 3.86. The van der Waals surface area contributed by atoms with E-state index in [4.69, 9.17) is 28.7 Å². The second-order valence-electron chi connectivity index (χ2n) is 11.1. The third-order valence-electron chi connectivity index (χ3n) is 6.74. The van der Waals surface area contributed by atoms with E-state index >= 15 is 0 Å². The van der Waals surface area contributed by atoms with Crippen molar-refractivity contribution >= 4 is 78.4 Å². The van der Waals surface area contributed by atoms with Crippen LogP contribution in [0.25, 0.3) is 0 Å². The topological polar surface area (TPSA) is 264 Å². The molecular weight excluding hydrogens is 695 g/mol. The summed E-state index contributed by atoms with van der Waals surface area (Å²) >= 11 is 0. The summed E-state index contributed by atoms with van der Waals surface area (Å²) < 4.78 is 0. The number of guanidine groups is 1. The van der Waals surface area contributed by atoms with E-state index in [-0.39, 0.29) is 41.7 Å². The number of hydrogen-bond acceptors (Lipinski definition) is 13. The van der Waals surface area contributed by atoms with Gasteiger partial charge in [-0.3, -0.25) is 29.0 Å². The zero-order chi connectivity index (χ0) is 36.0. The second-order valence-corrected chi connectivity index (χ2v) is 16.5. The van der Waals surface area contributed by atoms with Gasteiger partial charge in [0.15, 0.2) is 11.7 Å². The Balaban J connectivity index is 4.19. The summed E-state index contributed by atoms with van der Waals surface area (Å²) in [5.41, 5.74) is 27.7. The fraction of sp³-hybridized carbons (Fsp3) is 0.800. The van der Waals surface area contributed by atoms with E-state index < -0.39 is 18.1 Å². The third-order valence-corrected chi connectivity index (χ3v) is 11.7. The first kappa shape index (κ1) is 46.3. The zero-order valence-corrected chi connectivity index (χ0v) is 31.6. The molecule has 0 fully saturated rings. The molecule has 0 aliphatic heterocycles. The molecule has 0 rings (SSSR count). The number of ketones is 2. The molecule has 3 amide bonds. The minimum absolute atomic E-state index is 0.0175. The molecule has 3 atom stereocenters. The maximum Gasteiger partial charge on any atom is 0.236 e. The van der Waals surface area contributed by atoms with E-state index in [9.17, 15) is 24.0 Å². The van der Waals surface area contributed by atoms with Crippen LogP contribution in [0.15, 0.2) is 4.99 Å². The molecule has 0 radical (unpaired) electrons. The van der Waals surface area contributed by atoms with Crippen LogP contribution in [0.1, 0.15) is 84.0 Å². The number of Topliss-reactive ketones (excluding diaryl/α,β-unsaturated/α-hetero) is 2. The maximum atomic E-state index is 12.9. The van der Waals surface area contributed by atoms with Crippen LogP contribution in [0.4, 0.5) is 0 Å². The predicted octanol–water partition coefficient (Wildman–Crippen LogP) is 1.19. The number of aliphatic imine (C=N–C) groups is 1. The lowest BCUT2D eigenvalue weighted by Gasteiger charge is -2.17. The first-order chi connectivity index (χ1) is 23.0. The van der Waals surface area contributed by atoms with Crippen molar-refractivity contribution in [2.45, 2.75) is 102 Å². The van der Waals surface area contributed by atoms with Crippen LogP contribution in [-0.4, -0.2) is 103 Å². The van der Waals surface area contributed by atoms with E-state index in [2.05, 4.69) is 20.9 Å². The second kappa shape index (κ2) is 31.3. The Morgan fingerprint density at radius 1 is 0.688 bits per heavy atom. The lowest BCUT2D eigenvalue weighted by molar-refractivity contribution is -0.128. The minimum atomic E-state index is -0.659. The van der Waals surface area contributed by atoms with E-state index in [1.165, 1.54) is 0 Å². The number of nitrogens with two attached hydrogens (primary N) is 5. The first-order valence-corrected chi connectivity index (χ1v) is 21.6. The molecule has 0 bridgehead atoms. The molecule has 0 heterocycles. The molecule has 0 aromatic rings. The molecule has 0 aliphatic rings. The smallest absolute Gasteiger partial charge is 0.236 e. The highest BCUT2D eigenvalue weighted by Crippen LogP contribution is 2.23. The lowest BCUT2D eigenvalue weighted by Crippen LogP contribution is -2.41. The molecule has 0 saturated heterocycles. The predicted molar refractivity (Wildman–Crippen MR) is 205 cm³/mol. The summed E-state index contributed by atoms with van der Waals surface area (Å²) in [5, 5.41) is 8.47. The standard InChI is InChI=1S/C30H59N9O5S4/c1-2-7-27(42)39-25(13-12-22(40)8-5-18-45-47-20-16-36-28(43)23(32)9-3-14-31)26(41)11-6-19-46-48-21-17-37-29(44)24(33)10-4-15-38-30(34)35/h23-25H,2-21,31-33H2,1H3,(H,36,43)(H,37,44)(H,39,42)(H4,34,35,38). The first-order valence-electron chi connectivity index (χ1n) is 16.7. The quantitative estimate of drug-likeness (QED) is 0.0208. The van der Waals surface area contributed by atoms with E-state index in [1.54, 1.807) is 43.2 Å². The van der Waals surface area contributed by atoms with Crippen molar-refractivity contribution in [3.8, 4) is 0 Å². The van der Waals surface area contributed by atoms with Crippen molar-refractivity contribution in [3.63, 3.8) is 0 Å². The van der Waals surface area contributed by atoms with Crippen LogP contribution in [0.5, 0.6) is 0 Å². The number of hydrogen-bond donors (Lipinski definition) is 8. The van der Waals surface area contributed by atoms with Crippen molar-refractivity contribution < 1.29 is 24.0 Å². The summed E-state index contributed by atoms with van der Waals surface area (Å²) in [6, 6.07) is -1.79. The summed E-state index contributed by atoms with van der Waals surface area (Å²) in [5.74, 6) is 2.47. The number of nitrogens with zero attached hydrogens (tertiary/aromatic N) is 1. The van der Waals surface area contributed by atoms with Crippen LogP contribution in [0.3, 0.4) is 0 Å².